The Labute approximate surface area is 258 Å². The number of carbonyl (C=O) groups is 5. The Hall–Kier alpha value is -3.01. The fourth-order valence-electron chi connectivity index (χ4n) is 10.4. The summed E-state index contributed by atoms with van der Waals surface area (Å²) >= 11 is 0. The van der Waals surface area contributed by atoms with Gasteiger partial charge in [-0.25, -0.2) is 4.79 Å². The summed E-state index contributed by atoms with van der Waals surface area (Å²) in [7, 11) is 0. The number of ether oxygens (including phenoxy) is 5. The molecule has 240 valence electrons. The van der Waals surface area contributed by atoms with Crippen LogP contribution in [0.1, 0.15) is 80.1 Å². The minimum absolute atomic E-state index is 0.0387. The standard InChI is InChI=1S/C34H44O10/c1-17-13-27(43-31(39)23(17)15-40-19(3)35)18(2)24-7-8-25-22-14-30-34(44-30)29(42-21(5)37)10-9-28(38)33(34,16-41-20(4)36)26(22)11-12-32(24,25)6/h9-10,18,22,24-27,29-30H,7-8,11-16H2,1-6H3/t18-,22-,24?,25-,26-,27+,29-,30+,32+,33?,34+/m0/s1. The van der Waals surface area contributed by atoms with Crippen molar-refractivity contribution in [1.29, 1.82) is 0 Å². The van der Waals surface area contributed by atoms with Gasteiger partial charge in [0.2, 0.25) is 0 Å². The lowest BCUT2D eigenvalue weighted by molar-refractivity contribution is -0.181. The molecule has 10 nitrogen and oxygen atoms in total. The molecule has 4 fully saturated rings. The highest BCUT2D eigenvalue weighted by atomic mass is 16.7. The zero-order valence-corrected chi connectivity index (χ0v) is 26.5. The normalized spacial score (nSPS) is 42.6. The van der Waals surface area contributed by atoms with E-state index in [9.17, 15) is 24.0 Å². The van der Waals surface area contributed by atoms with Gasteiger partial charge in [-0.05, 0) is 86.2 Å². The van der Waals surface area contributed by atoms with Gasteiger partial charge in [-0.3, -0.25) is 19.2 Å². The second-order valence-electron chi connectivity index (χ2n) is 14.3. The second-order valence-corrected chi connectivity index (χ2v) is 14.3. The molecule has 1 saturated heterocycles. The number of ketones is 1. The van der Waals surface area contributed by atoms with Gasteiger partial charge in [-0.2, -0.15) is 0 Å². The van der Waals surface area contributed by atoms with E-state index in [1.807, 2.05) is 6.92 Å². The summed E-state index contributed by atoms with van der Waals surface area (Å²) in [5.41, 5.74) is -0.861. The predicted molar refractivity (Wildman–Crippen MR) is 155 cm³/mol. The average Bonchev–Trinajstić information content (AvgIpc) is 3.57. The van der Waals surface area contributed by atoms with Gasteiger partial charge in [0.15, 0.2) is 17.5 Å². The van der Waals surface area contributed by atoms with Crippen molar-refractivity contribution in [1.82, 2.24) is 0 Å². The van der Waals surface area contributed by atoms with Crippen molar-refractivity contribution in [2.45, 2.75) is 104 Å². The third kappa shape index (κ3) is 4.49. The van der Waals surface area contributed by atoms with Crippen LogP contribution >= 0.6 is 0 Å². The topological polar surface area (TPSA) is 135 Å². The van der Waals surface area contributed by atoms with Crippen molar-refractivity contribution in [2.24, 2.45) is 40.4 Å². The highest BCUT2D eigenvalue weighted by Crippen LogP contribution is 2.73. The van der Waals surface area contributed by atoms with E-state index in [-0.39, 0.29) is 54.4 Å². The van der Waals surface area contributed by atoms with Crippen LogP contribution in [0.15, 0.2) is 23.3 Å². The molecule has 0 N–H and O–H groups in total. The van der Waals surface area contributed by atoms with Crippen LogP contribution in [0.5, 0.6) is 0 Å². The Balaban J connectivity index is 1.27. The van der Waals surface area contributed by atoms with Crippen LogP contribution in [0.4, 0.5) is 0 Å². The molecule has 10 heteroatoms. The van der Waals surface area contributed by atoms with Gasteiger partial charge >= 0.3 is 23.9 Å². The van der Waals surface area contributed by atoms with Gasteiger partial charge in [0.1, 0.15) is 24.7 Å². The molecular formula is C34H44O10. The number of epoxide rings is 1. The van der Waals surface area contributed by atoms with Crippen molar-refractivity contribution in [3.63, 3.8) is 0 Å². The molecular weight excluding hydrogens is 568 g/mol. The summed E-state index contributed by atoms with van der Waals surface area (Å²) in [6, 6.07) is 0. The first kappa shape index (κ1) is 31.0. The quantitative estimate of drug-likeness (QED) is 0.236. The first-order valence-corrected chi connectivity index (χ1v) is 16.0. The van der Waals surface area contributed by atoms with Gasteiger partial charge < -0.3 is 23.7 Å². The molecule has 6 aliphatic rings. The third-order valence-corrected chi connectivity index (χ3v) is 12.3. The van der Waals surface area contributed by atoms with E-state index in [0.29, 0.717) is 23.8 Å². The summed E-state index contributed by atoms with van der Waals surface area (Å²) < 4.78 is 28.9. The monoisotopic (exact) mass is 612 g/mol. The van der Waals surface area contributed by atoms with Crippen molar-refractivity contribution < 1.29 is 47.7 Å². The molecule has 11 atom stereocenters. The van der Waals surface area contributed by atoms with Crippen LogP contribution in [0.25, 0.3) is 0 Å². The molecule has 0 radical (unpaired) electrons. The molecule has 1 spiro atoms. The molecule has 6 rings (SSSR count). The number of hydrogen-bond acceptors (Lipinski definition) is 10. The molecule has 0 aromatic heterocycles. The number of hydrogen-bond donors (Lipinski definition) is 0. The smallest absolute Gasteiger partial charge is 0.337 e. The summed E-state index contributed by atoms with van der Waals surface area (Å²) in [4.78, 5) is 62.5. The fraction of sp³-hybridized carbons (Fsp3) is 0.735. The Morgan fingerprint density at radius 2 is 1.75 bits per heavy atom. The Kier molecular flexibility index (Phi) is 7.61. The molecule has 0 amide bonds. The number of esters is 4. The zero-order valence-electron chi connectivity index (χ0n) is 26.5. The van der Waals surface area contributed by atoms with Gasteiger partial charge in [0, 0.05) is 27.2 Å². The maximum atomic E-state index is 14.0. The number of cyclic esters (lactones) is 1. The lowest BCUT2D eigenvalue weighted by Gasteiger charge is -2.59. The predicted octanol–water partition coefficient (Wildman–Crippen LogP) is 4.04. The number of allylic oxidation sites excluding steroid dienone is 1. The van der Waals surface area contributed by atoms with Crippen LogP contribution in [-0.2, 0) is 47.7 Å². The highest BCUT2D eigenvalue weighted by Gasteiger charge is 2.83. The molecule has 2 unspecified atom stereocenters. The third-order valence-electron chi connectivity index (χ3n) is 12.3. The zero-order chi connectivity index (χ0) is 31.8. The molecule has 44 heavy (non-hydrogen) atoms. The SMILES string of the molecule is CC(=O)OCC1=C(C)C[C@H]([C@@H](C)C2CC[C@H]3[C@@H]4C[C@H]5O[C@]56[C@@H](OC(C)=O)C=CC(=O)C6(COC(C)=O)[C@H]4CC[C@]23C)OC1=O. The molecule has 4 aliphatic carbocycles. The van der Waals surface area contributed by atoms with Crippen molar-refractivity contribution in [3.05, 3.63) is 23.3 Å². The molecule has 2 aliphatic heterocycles. The van der Waals surface area contributed by atoms with Crippen LogP contribution < -0.4 is 0 Å². The second kappa shape index (κ2) is 10.8. The first-order valence-electron chi connectivity index (χ1n) is 16.0. The maximum absolute atomic E-state index is 14.0. The minimum Gasteiger partial charge on any atom is -0.465 e. The van der Waals surface area contributed by atoms with Crippen molar-refractivity contribution in [3.8, 4) is 0 Å². The van der Waals surface area contributed by atoms with Crippen LogP contribution in [-0.4, -0.2) is 66.8 Å². The van der Waals surface area contributed by atoms with Crippen LogP contribution in [0.3, 0.4) is 0 Å². The summed E-state index contributed by atoms with van der Waals surface area (Å²) in [6.07, 6.45) is 6.84. The summed E-state index contributed by atoms with van der Waals surface area (Å²) in [6.45, 7) is 10.3. The number of rotatable bonds is 7. The molecule has 0 aromatic carbocycles. The minimum atomic E-state index is -1.12. The van der Waals surface area contributed by atoms with Gasteiger partial charge in [-0.1, -0.05) is 19.4 Å². The summed E-state index contributed by atoms with van der Waals surface area (Å²) in [5, 5.41) is 0. The molecule has 0 aromatic rings. The van der Waals surface area contributed by atoms with E-state index in [1.54, 1.807) is 6.08 Å². The first-order chi connectivity index (χ1) is 20.8. The molecule has 0 bridgehead atoms. The Morgan fingerprint density at radius 3 is 2.41 bits per heavy atom. The van der Waals surface area contributed by atoms with Crippen LogP contribution in [0.2, 0.25) is 0 Å². The number of carbonyl (C=O) groups excluding carboxylic acids is 5. The Morgan fingerprint density at radius 1 is 1.02 bits per heavy atom. The van der Waals surface area contributed by atoms with E-state index in [4.69, 9.17) is 23.7 Å². The van der Waals surface area contributed by atoms with Gasteiger partial charge in [0.25, 0.3) is 0 Å². The van der Waals surface area contributed by atoms with E-state index in [1.165, 1.54) is 26.8 Å². The average molecular weight is 613 g/mol. The largest absolute Gasteiger partial charge is 0.465 e. The maximum Gasteiger partial charge on any atom is 0.337 e. The van der Waals surface area contributed by atoms with E-state index < -0.39 is 41.0 Å². The fourth-order valence-corrected chi connectivity index (χ4v) is 10.4. The Bertz CT molecular complexity index is 1350. The van der Waals surface area contributed by atoms with E-state index in [2.05, 4.69) is 13.8 Å². The summed E-state index contributed by atoms with van der Waals surface area (Å²) in [5.74, 6) is -1.07. The van der Waals surface area contributed by atoms with Crippen molar-refractivity contribution in [2.75, 3.05) is 13.2 Å². The highest BCUT2D eigenvalue weighted by molar-refractivity contribution is 5.99. The van der Waals surface area contributed by atoms with Gasteiger partial charge in [0.05, 0.1) is 11.7 Å². The lowest BCUT2D eigenvalue weighted by Crippen LogP contribution is -2.67. The lowest BCUT2D eigenvalue weighted by atomic mass is 9.44. The van der Waals surface area contributed by atoms with Crippen LogP contribution in [0, 0.1) is 40.4 Å². The van der Waals surface area contributed by atoms with Crippen molar-refractivity contribution >= 4 is 29.7 Å². The van der Waals surface area contributed by atoms with E-state index in [0.717, 1.165) is 37.7 Å². The molecule has 3 saturated carbocycles. The number of fused-ring (bicyclic) bond motifs is 4. The van der Waals surface area contributed by atoms with E-state index >= 15 is 0 Å². The molecule has 2 heterocycles. The van der Waals surface area contributed by atoms with Gasteiger partial charge in [-0.15, -0.1) is 0 Å².